The van der Waals surface area contributed by atoms with Gasteiger partial charge in [0.15, 0.2) is 0 Å². The van der Waals surface area contributed by atoms with Gasteiger partial charge in [0.05, 0.1) is 12.7 Å². The highest BCUT2D eigenvalue weighted by Crippen LogP contribution is 2.11. The zero-order chi connectivity index (χ0) is 8.10. The van der Waals surface area contributed by atoms with Gasteiger partial charge in [-0.25, -0.2) is 0 Å². The van der Waals surface area contributed by atoms with Gasteiger partial charge in [-0.3, -0.25) is 4.84 Å². The molecule has 0 bridgehead atoms. The lowest BCUT2D eigenvalue weighted by Crippen LogP contribution is -2.24. The minimum atomic E-state index is 0.337. The molecular formula is C8H17NO2. The average molecular weight is 159 g/mol. The zero-order valence-corrected chi connectivity index (χ0v) is 7.38. The van der Waals surface area contributed by atoms with Crippen LogP contribution in [0.5, 0.6) is 0 Å². The van der Waals surface area contributed by atoms with E-state index in [4.69, 9.17) is 9.57 Å². The summed E-state index contributed by atoms with van der Waals surface area (Å²) in [6.45, 7) is 4.61. The summed E-state index contributed by atoms with van der Waals surface area (Å²) in [6, 6.07) is 0. The molecule has 1 saturated heterocycles. The SMILES string of the molecule is CCN(C)OCC1CCCO1. The number of rotatable bonds is 4. The van der Waals surface area contributed by atoms with Crippen molar-refractivity contribution >= 4 is 0 Å². The van der Waals surface area contributed by atoms with Crippen LogP contribution < -0.4 is 0 Å². The van der Waals surface area contributed by atoms with Crippen molar-refractivity contribution in [2.75, 3.05) is 26.8 Å². The summed E-state index contributed by atoms with van der Waals surface area (Å²) in [6.07, 6.45) is 2.67. The molecule has 1 heterocycles. The Bertz CT molecular complexity index is 102. The summed E-state index contributed by atoms with van der Waals surface area (Å²) in [5, 5.41) is 1.84. The predicted molar refractivity (Wildman–Crippen MR) is 43.2 cm³/mol. The standard InChI is InChI=1S/C8H17NO2/c1-3-9(2)11-7-8-5-4-6-10-8/h8H,3-7H2,1-2H3. The van der Waals surface area contributed by atoms with Crippen LogP contribution in [0.15, 0.2) is 0 Å². The third kappa shape index (κ3) is 3.18. The fourth-order valence-corrected chi connectivity index (χ4v) is 1.08. The molecule has 0 saturated carbocycles. The Morgan fingerprint density at radius 2 is 2.45 bits per heavy atom. The molecule has 1 fully saturated rings. The van der Waals surface area contributed by atoms with E-state index in [1.807, 2.05) is 12.1 Å². The van der Waals surface area contributed by atoms with Crippen molar-refractivity contribution in [2.24, 2.45) is 0 Å². The molecule has 1 rings (SSSR count). The molecule has 66 valence electrons. The summed E-state index contributed by atoms with van der Waals surface area (Å²) in [7, 11) is 1.94. The largest absolute Gasteiger partial charge is 0.376 e. The molecule has 0 radical (unpaired) electrons. The Morgan fingerprint density at radius 3 is 3.00 bits per heavy atom. The first-order chi connectivity index (χ1) is 5.33. The smallest absolute Gasteiger partial charge is 0.0947 e. The van der Waals surface area contributed by atoms with Crippen molar-refractivity contribution in [3.8, 4) is 0 Å². The van der Waals surface area contributed by atoms with Crippen molar-refractivity contribution in [2.45, 2.75) is 25.9 Å². The highest BCUT2D eigenvalue weighted by atomic mass is 16.7. The second-order valence-corrected chi connectivity index (χ2v) is 2.87. The molecule has 1 atom stereocenters. The zero-order valence-electron chi connectivity index (χ0n) is 7.38. The molecule has 11 heavy (non-hydrogen) atoms. The minimum Gasteiger partial charge on any atom is -0.376 e. The molecule has 1 aliphatic heterocycles. The van der Waals surface area contributed by atoms with Gasteiger partial charge in [-0.2, -0.15) is 5.06 Å². The maximum atomic E-state index is 5.40. The van der Waals surface area contributed by atoms with E-state index >= 15 is 0 Å². The lowest BCUT2D eigenvalue weighted by Gasteiger charge is -2.16. The van der Waals surface area contributed by atoms with Gasteiger partial charge in [-0.05, 0) is 12.8 Å². The first-order valence-electron chi connectivity index (χ1n) is 4.28. The van der Waals surface area contributed by atoms with Crippen LogP contribution in [0, 0.1) is 0 Å². The number of hydroxylamine groups is 2. The van der Waals surface area contributed by atoms with E-state index in [0.717, 1.165) is 19.6 Å². The van der Waals surface area contributed by atoms with Crippen molar-refractivity contribution < 1.29 is 9.57 Å². The maximum absolute atomic E-state index is 5.40. The Balaban J connectivity index is 2.01. The Morgan fingerprint density at radius 1 is 1.64 bits per heavy atom. The first kappa shape index (κ1) is 8.97. The van der Waals surface area contributed by atoms with Crippen LogP contribution in [-0.2, 0) is 9.57 Å². The van der Waals surface area contributed by atoms with E-state index in [1.165, 1.54) is 6.42 Å². The van der Waals surface area contributed by atoms with Gasteiger partial charge < -0.3 is 4.74 Å². The predicted octanol–water partition coefficient (Wildman–Crippen LogP) is 1.05. The molecule has 0 N–H and O–H groups in total. The van der Waals surface area contributed by atoms with Crippen molar-refractivity contribution in [3.63, 3.8) is 0 Å². The molecule has 1 aliphatic rings. The fraction of sp³-hybridized carbons (Fsp3) is 1.00. The topological polar surface area (TPSA) is 21.7 Å². The molecule has 0 amide bonds. The summed E-state index contributed by atoms with van der Waals surface area (Å²) < 4.78 is 5.40. The molecule has 3 heteroatoms. The van der Waals surface area contributed by atoms with Crippen molar-refractivity contribution in [1.82, 2.24) is 5.06 Å². The Hall–Kier alpha value is -0.120. The normalized spacial score (nSPS) is 24.8. The van der Waals surface area contributed by atoms with Crippen LogP contribution in [0.4, 0.5) is 0 Å². The van der Waals surface area contributed by atoms with E-state index in [-0.39, 0.29) is 0 Å². The molecule has 0 aromatic rings. The summed E-state index contributed by atoms with van der Waals surface area (Å²) in [5.74, 6) is 0. The lowest BCUT2D eigenvalue weighted by atomic mass is 10.2. The summed E-state index contributed by atoms with van der Waals surface area (Å²) in [5.41, 5.74) is 0. The van der Waals surface area contributed by atoms with E-state index in [9.17, 15) is 0 Å². The summed E-state index contributed by atoms with van der Waals surface area (Å²) >= 11 is 0. The van der Waals surface area contributed by atoms with Gasteiger partial charge >= 0.3 is 0 Å². The van der Waals surface area contributed by atoms with Crippen LogP contribution in [0.2, 0.25) is 0 Å². The molecule has 1 unspecified atom stereocenters. The third-order valence-electron chi connectivity index (χ3n) is 1.95. The van der Waals surface area contributed by atoms with Gasteiger partial charge in [0.1, 0.15) is 0 Å². The molecule has 3 nitrogen and oxygen atoms in total. The van der Waals surface area contributed by atoms with Crippen molar-refractivity contribution in [3.05, 3.63) is 0 Å². The maximum Gasteiger partial charge on any atom is 0.0947 e. The Labute approximate surface area is 68.2 Å². The highest BCUT2D eigenvalue weighted by molar-refractivity contribution is 4.62. The number of nitrogens with zero attached hydrogens (tertiary/aromatic N) is 1. The van der Waals surface area contributed by atoms with Crippen LogP contribution in [-0.4, -0.2) is 38.0 Å². The number of hydrogen-bond acceptors (Lipinski definition) is 3. The van der Waals surface area contributed by atoms with Gasteiger partial charge in [-0.1, -0.05) is 6.92 Å². The van der Waals surface area contributed by atoms with Crippen molar-refractivity contribution in [1.29, 1.82) is 0 Å². The minimum absolute atomic E-state index is 0.337. The lowest BCUT2D eigenvalue weighted by molar-refractivity contribution is -0.160. The average Bonchev–Trinajstić information content (AvgIpc) is 2.52. The monoisotopic (exact) mass is 159 g/mol. The summed E-state index contributed by atoms with van der Waals surface area (Å²) in [4.78, 5) is 5.38. The molecule has 0 spiro atoms. The fourth-order valence-electron chi connectivity index (χ4n) is 1.08. The van der Waals surface area contributed by atoms with E-state index in [0.29, 0.717) is 12.7 Å². The van der Waals surface area contributed by atoms with Gasteiger partial charge in [-0.15, -0.1) is 0 Å². The number of hydrogen-bond donors (Lipinski definition) is 0. The van der Waals surface area contributed by atoms with Gasteiger partial charge in [0, 0.05) is 20.2 Å². The third-order valence-corrected chi connectivity index (χ3v) is 1.95. The molecule has 0 aromatic heterocycles. The van der Waals surface area contributed by atoms with Crippen LogP contribution >= 0.6 is 0 Å². The quantitative estimate of drug-likeness (QED) is 0.572. The highest BCUT2D eigenvalue weighted by Gasteiger charge is 2.15. The first-order valence-corrected chi connectivity index (χ1v) is 4.28. The Kier molecular flexibility index (Phi) is 3.83. The molecular weight excluding hydrogens is 142 g/mol. The van der Waals surface area contributed by atoms with E-state index in [1.54, 1.807) is 0 Å². The van der Waals surface area contributed by atoms with Crippen LogP contribution in [0.25, 0.3) is 0 Å². The van der Waals surface area contributed by atoms with E-state index < -0.39 is 0 Å². The van der Waals surface area contributed by atoms with Gasteiger partial charge in [0.25, 0.3) is 0 Å². The molecule has 0 aromatic carbocycles. The second kappa shape index (κ2) is 4.70. The second-order valence-electron chi connectivity index (χ2n) is 2.87. The number of ether oxygens (including phenoxy) is 1. The van der Waals surface area contributed by atoms with Crippen LogP contribution in [0.3, 0.4) is 0 Å². The van der Waals surface area contributed by atoms with E-state index in [2.05, 4.69) is 6.92 Å². The van der Waals surface area contributed by atoms with Crippen LogP contribution in [0.1, 0.15) is 19.8 Å². The van der Waals surface area contributed by atoms with Gasteiger partial charge in [0.2, 0.25) is 0 Å². The molecule has 0 aliphatic carbocycles.